The molecule has 0 aliphatic carbocycles. The summed E-state index contributed by atoms with van der Waals surface area (Å²) in [6.45, 7) is 8.70. The molecule has 0 amide bonds. The highest BCUT2D eigenvalue weighted by molar-refractivity contribution is 9.10. The van der Waals surface area contributed by atoms with Crippen molar-refractivity contribution in [1.29, 1.82) is 0 Å². The normalized spacial score (nSPS) is 11.0. The molecule has 0 radical (unpaired) electrons. The third kappa shape index (κ3) is 4.96. The maximum atomic E-state index is 5.77. The molecular weight excluding hydrogens is 294 g/mol. The number of rotatable bonds is 7. The molecule has 3 nitrogen and oxygen atoms in total. The van der Waals surface area contributed by atoms with E-state index in [1.807, 2.05) is 19.1 Å². The largest absolute Gasteiger partial charge is 0.491 e. The lowest BCUT2D eigenvalue weighted by Crippen LogP contribution is -2.12. The van der Waals surface area contributed by atoms with Gasteiger partial charge >= 0.3 is 0 Å². The van der Waals surface area contributed by atoms with E-state index >= 15 is 0 Å². The van der Waals surface area contributed by atoms with Crippen LogP contribution in [0.25, 0.3) is 0 Å². The van der Waals surface area contributed by atoms with Gasteiger partial charge in [-0.05, 0) is 30.5 Å². The van der Waals surface area contributed by atoms with Crippen LogP contribution in [0.5, 0.6) is 5.75 Å². The van der Waals surface area contributed by atoms with Crippen LogP contribution >= 0.6 is 15.9 Å². The molecule has 102 valence electrons. The molecule has 1 aromatic carbocycles. The molecule has 0 spiro atoms. The Morgan fingerprint density at radius 2 is 2.00 bits per heavy atom. The van der Waals surface area contributed by atoms with Gasteiger partial charge in [-0.25, -0.2) is 0 Å². The molecule has 0 fully saturated rings. The molecule has 0 aliphatic heterocycles. The van der Waals surface area contributed by atoms with Gasteiger partial charge in [0.2, 0.25) is 0 Å². The zero-order valence-corrected chi connectivity index (χ0v) is 12.9. The topological polar surface area (TPSA) is 44.5 Å². The van der Waals surface area contributed by atoms with Crippen molar-refractivity contribution >= 4 is 15.9 Å². The molecule has 0 bridgehead atoms. The molecule has 1 rings (SSSR count). The lowest BCUT2D eigenvalue weighted by atomic mass is 10.1. The minimum Gasteiger partial charge on any atom is -0.491 e. The molecule has 0 atom stereocenters. The Labute approximate surface area is 118 Å². The summed E-state index contributed by atoms with van der Waals surface area (Å²) in [7, 11) is 0. The highest BCUT2D eigenvalue weighted by Gasteiger charge is 2.07. The Morgan fingerprint density at radius 3 is 2.61 bits per heavy atom. The quantitative estimate of drug-likeness (QED) is 0.785. The Morgan fingerprint density at radius 1 is 1.28 bits per heavy atom. The van der Waals surface area contributed by atoms with E-state index in [1.165, 1.54) is 0 Å². The summed E-state index contributed by atoms with van der Waals surface area (Å²) in [6.07, 6.45) is 0. The smallest absolute Gasteiger partial charge is 0.126 e. The van der Waals surface area contributed by atoms with Gasteiger partial charge in [0, 0.05) is 23.2 Å². The molecule has 0 heterocycles. The van der Waals surface area contributed by atoms with Crippen LogP contribution in [0.15, 0.2) is 16.6 Å². The standard InChI is InChI=1S/C14H22BrNO2/c1-10(2)9-17-4-5-18-14-11(3)6-13(15)7-12(14)8-16/h6-7,10H,4-5,8-9,16H2,1-3H3. The Balaban J connectivity index is 2.51. The lowest BCUT2D eigenvalue weighted by molar-refractivity contribution is 0.0814. The fourth-order valence-corrected chi connectivity index (χ4v) is 2.30. The van der Waals surface area contributed by atoms with E-state index in [1.54, 1.807) is 0 Å². The van der Waals surface area contributed by atoms with E-state index < -0.39 is 0 Å². The van der Waals surface area contributed by atoms with Crippen LogP contribution in [0.3, 0.4) is 0 Å². The van der Waals surface area contributed by atoms with Gasteiger partial charge in [-0.3, -0.25) is 0 Å². The lowest BCUT2D eigenvalue weighted by Gasteiger charge is -2.14. The molecule has 0 aliphatic rings. The molecule has 0 unspecified atom stereocenters. The average Bonchev–Trinajstić information content (AvgIpc) is 2.30. The Hall–Kier alpha value is -0.580. The highest BCUT2D eigenvalue weighted by atomic mass is 79.9. The number of nitrogens with two attached hydrogens (primary N) is 1. The van der Waals surface area contributed by atoms with Crippen molar-refractivity contribution in [3.8, 4) is 5.75 Å². The molecule has 2 N–H and O–H groups in total. The molecular formula is C14H22BrNO2. The first-order valence-electron chi connectivity index (χ1n) is 6.24. The molecule has 0 aromatic heterocycles. The number of ether oxygens (including phenoxy) is 2. The van der Waals surface area contributed by atoms with Gasteiger partial charge < -0.3 is 15.2 Å². The van der Waals surface area contributed by atoms with Gasteiger partial charge in [0.1, 0.15) is 12.4 Å². The van der Waals surface area contributed by atoms with Crippen LogP contribution < -0.4 is 10.5 Å². The summed E-state index contributed by atoms with van der Waals surface area (Å²) in [4.78, 5) is 0. The third-order valence-corrected chi connectivity index (χ3v) is 2.92. The number of aryl methyl sites for hydroxylation is 1. The SMILES string of the molecule is Cc1cc(Br)cc(CN)c1OCCOCC(C)C. The number of hydrogen-bond acceptors (Lipinski definition) is 3. The summed E-state index contributed by atoms with van der Waals surface area (Å²) in [5, 5.41) is 0. The van der Waals surface area contributed by atoms with Gasteiger partial charge in [-0.2, -0.15) is 0 Å². The van der Waals surface area contributed by atoms with Gasteiger partial charge in [0.15, 0.2) is 0 Å². The zero-order valence-electron chi connectivity index (χ0n) is 11.3. The van der Waals surface area contributed by atoms with E-state index in [-0.39, 0.29) is 0 Å². The second-order valence-electron chi connectivity index (χ2n) is 4.73. The second kappa shape index (κ2) is 7.77. The predicted octanol–water partition coefficient (Wildman–Crippen LogP) is 3.27. The first kappa shape index (κ1) is 15.5. The van der Waals surface area contributed by atoms with Gasteiger partial charge in [0.05, 0.1) is 6.61 Å². The Bertz CT molecular complexity index is 380. The monoisotopic (exact) mass is 315 g/mol. The van der Waals surface area contributed by atoms with Crippen molar-refractivity contribution in [3.63, 3.8) is 0 Å². The van der Waals surface area contributed by atoms with Gasteiger partial charge in [0.25, 0.3) is 0 Å². The summed E-state index contributed by atoms with van der Waals surface area (Å²) in [6, 6.07) is 4.03. The van der Waals surface area contributed by atoms with E-state index in [4.69, 9.17) is 15.2 Å². The summed E-state index contributed by atoms with van der Waals surface area (Å²) >= 11 is 3.46. The molecule has 4 heteroatoms. The minimum atomic E-state index is 0.475. The summed E-state index contributed by atoms with van der Waals surface area (Å²) < 4.78 is 12.3. The van der Waals surface area contributed by atoms with E-state index in [0.29, 0.717) is 25.7 Å². The maximum absolute atomic E-state index is 5.77. The van der Waals surface area contributed by atoms with Crippen molar-refractivity contribution in [2.75, 3.05) is 19.8 Å². The molecule has 0 saturated carbocycles. The van der Waals surface area contributed by atoms with E-state index in [0.717, 1.165) is 28.0 Å². The van der Waals surface area contributed by atoms with Crippen molar-refractivity contribution in [2.45, 2.75) is 27.3 Å². The minimum absolute atomic E-state index is 0.475. The van der Waals surface area contributed by atoms with Crippen molar-refractivity contribution in [2.24, 2.45) is 11.7 Å². The zero-order chi connectivity index (χ0) is 13.5. The van der Waals surface area contributed by atoms with Crippen molar-refractivity contribution in [1.82, 2.24) is 0 Å². The van der Waals surface area contributed by atoms with Crippen molar-refractivity contribution < 1.29 is 9.47 Å². The fourth-order valence-electron chi connectivity index (χ4n) is 1.68. The summed E-state index contributed by atoms with van der Waals surface area (Å²) in [5.74, 6) is 1.44. The molecule has 1 aromatic rings. The van der Waals surface area contributed by atoms with Crippen molar-refractivity contribution in [3.05, 3.63) is 27.7 Å². The Kier molecular flexibility index (Phi) is 6.68. The van der Waals surface area contributed by atoms with Crippen LogP contribution in [-0.4, -0.2) is 19.8 Å². The van der Waals surface area contributed by atoms with E-state index in [2.05, 4.69) is 29.8 Å². The van der Waals surface area contributed by atoms with Gasteiger partial charge in [-0.15, -0.1) is 0 Å². The maximum Gasteiger partial charge on any atom is 0.126 e. The number of benzene rings is 1. The first-order valence-corrected chi connectivity index (χ1v) is 7.03. The summed E-state index contributed by atoms with van der Waals surface area (Å²) in [5.41, 5.74) is 7.84. The highest BCUT2D eigenvalue weighted by Crippen LogP contribution is 2.27. The van der Waals surface area contributed by atoms with Gasteiger partial charge in [-0.1, -0.05) is 29.8 Å². The average molecular weight is 316 g/mol. The van der Waals surface area contributed by atoms with Crippen LogP contribution in [0.4, 0.5) is 0 Å². The van der Waals surface area contributed by atoms with Crippen LogP contribution in [0.2, 0.25) is 0 Å². The fraction of sp³-hybridized carbons (Fsp3) is 0.571. The number of hydrogen-bond donors (Lipinski definition) is 1. The molecule has 18 heavy (non-hydrogen) atoms. The third-order valence-electron chi connectivity index (χ3n) is 2.46. The van der Waals surface area contributed by atoms with Crippen LogP contribution in [0, 0.1) is 12.8 Å². The molecule has 0 saturated heterocycles. The van der Waals surface area contributed by atoms with Crippen LogP contribution in [-0.2, 0) is 11.3 Å². The first-order chi connectivity index (χ1) is 8.54. The second-order valence-corrected chi connectivity index (χ2v) is 5.65. The van der Waals surface area contributed by atoms with E-state index in [9.17, 15) is 0 Å². The van der Waals surface area contributed by atoms with Crippen LogP contribution in [0.1, 0.15) is 25.0 Å². The number of halogens is 1. The predicted molar refractivity (Wildman–Crippen MR) is 77.9 cm³/mol.